The van der Waals surface area contributed by atoms with Gasteiger partial charge in [0, 0.05) is 18.0 Å². The molecule has 3 rings (SSSR count). The van der Waals surface area contributed by atoms with Crippen LogP contribution in [-0.2, 0) is 4.79 Å². The quantitative estimate of drug-likeness (QED) is 0.832. The SMILES string of the molecule is O=C(CCC1CCCC1)NC1CCNC2(CCCCC2)C1. The number of amides is 1. The molecule has 1 spiro atoms. The van der Waals surface area contributed by atoms with Crippen molar-refractivity contribution < 1.29 is 4.79 Å². The second-order valence-electron chi connectivity index (χ2n) is 7.71. The van der Waals surface area contributed by atoms with Gasteiger partial charge in [-0.25, -0.2) is 0 Å². The van der Waals surface area contributed by atoms with Crippen molar-refractivity contribution in [2.75, 3.05) is 6.54 Å². The van der Waals surface area contributed by atoms with E-state index in [-0.39, 0.29) is 0 Å². The van der Waals surface area contributed by atoms with Crippen LogP contribution in [0.4, 0.5) is 0 Å². The van der Waals surface area contributed by atoms with Gasteiger partial charge < -0.3 is 10.6 Å². The summed E-state index contributed by atoms with van der Waals surface area (Å²) in [6.45, 7) is 1.08. The molecule has 2 N–H and O–H groups in total. The zero-order chi connectivity index (χ0) is 14.5. The third-order valence-corrected chi connectivity index (χ3v) is 6.06. The summed E-state index contributed by atoms with van der Waals surface area (Å²) in [4.78, 5) is 12.2. The number of carbonyl (C=O) groups excluding carboxylic acids is 1. The summed E-state index contributed by atoms with van der Waals surface area (Å²) in [5.41, 5.74) is 0.347. The lowest BCUT2D eigenvalue weighted by Crippen LogP contribution is -2.57. The zero-order valence-corrected chi connectivity index (χ0v) is 13.5. The van der Waals surface area contributed by atoms with Crippen LogP contribution in [-0.4, -0.2) is 24.0 Å². The Morgan fingerprint density at radius 3 is 2.57 bits per heavy atom. The Labute approximate surface area is 129 Å². The molecule has 1 unspecified atom stereocenters. The van der Waals surface area contributed by atoms with Gasteiger partial charge in [-0.2, -0.15) is 0 Å². The van der Waals surface area contributed by atoms with Crippen LogP contribution in [0.5, 0.6) is 0 Å². The van der Waals surface area contributed by atoms with E-state index in [0.29, 0.717) is 17.5 Å². The van der Waals surface area contributed by atoms with Crippen LogP contribution in [0.2, 0.25) is 0 Å². The highest BCUT2D eigenvalue weighted by Gasteiger charge is 2.37. The summed E-state index contributed by atoms with van der Waals surface area (Å²) in [6, 6.07) is 0.417. The number of nitrogens with one attached hydrogen (secondary N) is 2. The molecule has 0 radical (unpaired) electrons. The van der Waals surface area contributed by atoms with E-state index in [1.807, 2.05) is 0 Å². The van der Waals surface area contributed by atoms with Crippen LogP contribution in [0.25, 0.3) is 0 Å². The van der Waals surface area contributed by atoms with Gasteiger partial charge in [-0.05, 0) is 44.6 Å². The van der Waals surface area contributed by atoms with Crippen molar-refractivity contribution in [3.63, 3.8) is 0 Å². The van der Waals surface area contributed by atoms with Crippen LogP contribution in [0.3, 0.4) is 0 Å². The summed E-state index contributed by atoms with van der Waals surface area (Å²) in [7, 11) is 0. The van der Waals surface area contributed by atoms with E-state index >= 15 is 0 Å². The van der Waals surface area contributed by atoms with Crippen molar-refractivity contribution in [3.8, 4) is 0 Å². The molecule has 0 aromatic heterocycles. The lowest BCUT2D eigenvalue weighted by Gasteiger charge is -2.44. The molecule has 0 aromatic carbocycles. The average molecular weight is 292 g/mol. The lowest BCUT2D eigenvalue weighted by atomic mass is 9.75. The highest BCUT2D eigenvalue weighted by Crippen LogP contribution is 2.34. The van der Waals surface area contributed by atoms with Gasteiger partial charge in [0.2, 0.25) is 5.91 Å². The van der Waals surface area contributed by atoms with E-state index in [2.05, 4.69) is 10.6 Å². The first-order valence-electron chi connectivity index (χ1n) is 9.30. The van der Waals surface area contributed by atoms with Crippen molar-refractivity contribution in [2.45, 2.75) is 95.1 Å². The molecule has 2 aliphatic carbocycles. The maximum absolute atomic E-state index is 12.2. The minimum atomic E-state index is 0.305. The molecule has 120 valence electrons. The molecule has 1 saturated heterocycles. The molecule has 3 fully saturated rings. The molecule has 0 aromatic rings. The fourth-order valence-electron chi connectivity index (χ4n) is 4.82. The number of hydrogen-bond acceptors (Lipinski definition) is 2. The van der Waals surface area contributed by atoms with E-state index in [1.165, 1.54) is 57.8 Å². The van der Waals surface area contributed by atoms with Crippen molar-refractivity contribution >= 4 is 5.91 Å². The van der Waals surface area contributed by atoms with E-state index in [0.717, 1.165) is 38.1 Å². The van der Waals surface area contributed by atoms with Gasteiger partial charge in [-0.1, -0.05) is 44.9 Å². The normalized spacial score (nSPS) is 29.6. The second kappa shape index (κ2) is 7.13. The van der Waals surface area contributed by atoms with Crippen molar-refractivity contribution in [3.05, 3.63) is 0 Å². The largest absolute Gasteiger partial charge is 0.353 e. The molecule has 1 heterocycles. The smallest absolute Gasteiger partial charge is 0.220 e. The Hall–Kier alpha value is -0.570. The van der Waals surface area contributed by atoms with E-state index in [4.69, 9.17) is 0 Å². The van der Waals surface area contributed by atoms with Gasteiger partial charge in [0.05, 0.1) is 0 Å². The number of hydrogen-bond donors (Lipinski definition) is 2. The summed E-state index contributed by atoms with van der Waals surface area (Å²) in [5.74, 6) is 1.13. The van der Waals surface area contributed by atoms with Gasteiger partial charge >= 0.3 is 0 Å². The minimum absolute atomic E-state index is 0.305. The molecule has 1 amide bonds. The molecule has 3 heteroatoms. The van der Waals surface area contributed by atoms with Crippen LogP contribution in [0.1, 0.15) is 83.5 Å². The number of carbonyl (C=O) groups is 1. The van der Waals surface area contributed by atoms with Crippen molar-refractivity contribution in [2.24, 2.45) is 5.92 Å². The first-order chi connectivity index (χ1) is 10.3. The van der Waals surface area contributed by atoms with E-state index < -0.39 is 0 Å². The molecule has 1 atom stereocenters. The van der Waals surface area contributed by atoms with E-state index in [1.54, 1.807) is 0 Å². The van der Waals surface area contributed by atoms with E-state index in [9.17, 15) is 4.79 Å². The van der Waals surface area contributed by atoms with Crippen LogP contribution in [0, 0.1) is 5.92 Å². The summed E-state index contributed by atoms with van der Waals surface area (Å²) in [6.07, 6.45) is 16.3. The first kappa shape index (κ1) is 15.3. The fourth-order valence-corrected chi connectivity index (χ4v) is 4.82. The fraction of sp³-hybridized carbons (Fsp3) is 0.944. The Morgan fingerprint density at radius 1 is 1.05 bits per heavy atom. The Morgan fingerprint density at radius 2 is 1.81 bits per heavy atom. The number of rotatable bonds is 4. The summed E-state index contributed by atoms with van der Waals surface area (Å²) in [5, 5.41) is 7.10. The maximum Gasteiger partial charge on any atom is 0.220 e. The van der Waals surface area contributed by atoms with Gasteiger partial charge in [0.15, 0.2) is 0 Å². The molecule has 21 heavy (non-hydrogen) atoms. The molecular weight excluding hydrogens is 260 g/mol. The minimum Gasteiger partial charge on any atom is -0.353 e. The maximum atomic E-state index is 12.2. The topological polar surface area (TPSA) is 41.1 Å². The highest BCUT2D eigenvalue weighted by atomic mass is 16.1. The highest BCUT2D eigenvalue weighted by molar-refractivity contribution is 5.76. The monoisotopic (exact) mass is 292 g/mol. The summed E-state index contributed by atoms with van der Waals surface area (Å²) < 4.78 is 0. The molecule has 0 bridgehead atoms. The number of piperidine rings is 1. The third kappa shape index (κ3) is 4.21. The van der Waals surface area contributed by atoms with Crippen LogP contribution >= 0.6 is 0 Å². The Bertz CT molecular complexity index is 338. The molecule has 3 nitrogen and oxygen atoms in total. The molecule has 2 saturated carbocycles. The summed E-state index contributed by atoms with van der Waals surface area (Å²) >= 11 is 0. The molecule has 1 aliphatic heterocycles. The van der Waals surface area contributed by atoms with Crippen molar-refractivity contribution in [1.29, 1.82) is 0 Å². The lowest BCUT2D eigenvalue weighted by molar-refractivity contribution is -0.122. The average Bonchev–Trinajstić information content (AvgIpc) is 2.99. The Balaban J connectivity index is 1.42. The zero-order valence-electron chi connectivity index (χ0n) is 13.5. The van der Waals surface area contributed by atoms with Gasteiger partial charge in [-0.3, -0.25) is 4.79 Å². The second-order valence-corrected chi connectivity index (χ2v) is 7.71. The van der Waals surface area contributed by atoms with Crippen LogP contribution in [0.15, 0.2) is 0 Å². The molecular formula is C18H32N2O. The molecule has 3 aliphatic rings. The first-order valence-corrected chi connectivity index (χ1v) is 9.30. The van der Waals surface area contributed by atoms with Crippen LogP contribution < -0.4 is 10.6 Å². The third-order valence-electron chi connectivity index (χ3n) is 6.06. The predicted molar refractivity (Wildman–Crippen MR) is 86.2 cm³/mol. The van der Waals surface area contributed by atoms with Gasteiger partial charge in [-0.15, -0.1) is 0 Å². The Kier molecular flexibility index (Phi) is 5.20. The van der Waals surface area contributed by atoms with Gasteiger partial charge in [0.1, 0.15) is 0 Å². The van der Waals surface area contributed by atoms with Crippen molar-refractivity contribution in [1.82, 2.24) is 10.6 Å². The standard InChI is InChI=1S/C18H32N2O/c21-17(9-8-15-6-2-3-7-15)20-16-10-13-19-18(14-16)11-4-1-5-12-18/h15-16,19H,1-14H2,(H,20,21). The van der Waals surface area contributed by atoms with Gasteiger partial charge in [0.25, 0.3) is 0 Å². The predicted octanol–water partition coefficient (Wildman–Crippen LogP) is 3.53.